The second-order valence-electron chi connectivity index (χ2n) is 4.13. The number of allylic oxidation sites excluding steroid dienone is 1. The molecule has 0 heterocycles. The van der Waals surface area contributed by atoms with E-state index in [1.807, 2.05) is 20.8 Å². The SMILES string of the molecule is CCCCC/C=C(\C)C(O)C(C)C. The monoisotopic (exact) mass is 184 g/mol. The van der Waals surface area contributed by atoms with Crippen LogP contribution in [0.1, 0.15) is 53.4 Å². The van der Waals surface area contributed by atoms with Crippen LogP contribution < -0.4 is 0 Å². The lowest BCUT2D eigenvalue weighted by atomic mass is 9.99. The van der Waals surface area contributed by atoms with Gasteiger partial charge in [0.05, 0.1) is 6.10 Å². The Balaban J connectivity index is 3.73. The summed E-state index contributed by atoms with van der Waals surface area (Å²) in [6.45, 7) is 8.33. The molecule has 1 heteroatoms. The smallest absolute Gasteiger partial charge is 0.0770 e. The highest BCUT2D eigenvalue weighted by atomic mass is 16.3. The van der Waals surface area contributed by atoms with Crippen LogP contribution in [0.3, 0.4) is 0 Å². The number of hydrogen-bond acceptors (Lipinski definition) is 1. The van der Waals surface area contributed by atoms with E-state index in [-0.39, 0.29) is 6.10 Å². The summed E-state index contributed by atoms with van der Waals surface area (Å²) in [5, 5.41) is 9.68. The van der Waals surface area contributed by atoms with Crippen molar-refractivity contribution in [2.45, 2.75) is 59.5 Å². The van der Waals surface area contributed by atoms with Crippen LogP contribution in [0.25, 0.3) is 0 Å². The van der Waals surface area contributed by atoms with E-state index in [4.69, 9.17) is 0 Å². The maximum atomic E-state index is 9.68. The predicted octanol–water partition coefficient (Wildman–Crippen LogP) is 3.53. The molecule has 0 fully saturated rings. The molecule has 13 heavy (non-hydrogen) atoms. The molecule has 1 nitrogen and oxygen atoms in total. The highest BCUT2D eigenvalue weighted by molar-refractivity contribution is 5.05. The molecule has 0 rings (SSSR count). The summed E-state index contributed by atoms with van der Waals surface area (Å²) in [5.41, 5.74) is 1.13. The molecule has 0 bridgehead atoms. The highest BCUT2D eigenvalue weighted by Gasteiger charge is 2.09. The Hall–Kier alpha value is -0.300. The molecule has 0 amide bonds. The average Bonchev–Trinajstić information content (AvgIpc) is 2.10. The molecule has 0 saturated carbocycles. The van der Waals surface area contributed by atoms with Gasteiger partial charge in [-0.2, -0.15) is 0 Å². The van der Waals surface area contributed by atoms with Crippen molar-refractivity contribution in [2.75, 3.05) is 0 Å². The third kappa shape index (κ3) is 5.87. The van der Waals surface area contributed by atoms with Gasteiger partial charge in [0.1, 0.15) is 0 Å². The van der Waals surface area contributed by atoms with Gasteiger partial charge in [0, 0.05) is 0 Å². The molecule has 1 N–H and O–H groups in total. The van der Waals surface area contributed by atoms with E-state index >= 15 is 0 Å². The van der Waals surface area contributed by atoms with Crippen LogP contribution >= 0.6 is 0 Å². The van der Waals surface area contributed by atoms with Crippen LogP contribution in [-0.4, -0.2) is 11.2 Å². The number of hydrogen-bond donors (Lipinski definition) is 1. The topological polar surface area (TPSA) is 20.2 Å². The second kappa shape index (κ2) is 7.14. The summed E-state index contributed by atoms with van der Waals surface area (Å²) in [5.74, 6) is 0.336. The molecule has 1 atom stereocenters. The molecule has 0 aromatic heterocycles. The number of unbranched alkanes of at least 4 members (excludes halogenated alkanes) is 3. The Morgan fingerprint density at radius 1 is 1.31 bits per heavy atom. The zero-order valence-electron chi connectivity index (χ0n) is 9.51. The summed E-state index contributed by atoms with van der Waals surface area (Å²) in [6.07, 6.45) is 6.85. The van der Waals surface area contributed by atoms with Crippen molar-refractivity contribution in [3.8, 4) is 0 Å². The van der Waals surface area contributed by atoms with E-state index in [2.05, 4.69) is 13.0 Å². The predicted molar refractivity (Wildman–Crippen MR) is 58.7 cm³/mol. The molecule has 1 unspecified atom stereocenters. The first-order valence-electron chi connectivity index (χ1n) is 5.44. The molecular formula is C12H24O. The maximum Gasteiger partial charge on any atom is 0.0770 e. The van der Waals surface area contributed by atoms with Crippen LogP contribution in [-0.2, 0) is 0 Å². The van der Waals surface area contributed by atoms with E-state index in [1.54, 1.807) is 0 Å². The Bertz CT molecular complexity index is 147. The second-order valence-corrected chi connectivity index (χ2v) is 4.13. The van der Waals surface area contributed by atoms with Gasteiger partial charge < -0.3 is 5.11 Å². The fraction of sp³-hybridized carbons (Fsp3) is 0.833. The minimum atomic E-state index is -0.248. The Labute approximate surface area is 82.9 Å². The Morgan fingerprint density at radius 2 is 1.92 bits per heavy atom. The molecule has 0 saturated heterocycles. The summed E-state index contributed by atoms with van der Waals surface area (Å²) < 4.78 is 0. The quantitative estimate of drug-likeness (QED) is 0.494. The molecule has 0 spiro atoms. The summed E-state index contributed by atoms with van der Waals surface area (Å²) >= 11 is 0. The highest BCUT2D eigenvalue weighted by Crippen LogP contribution is 2.13. The summed E-state index contributed by atoms with van der Waals surface area (Å²) in [6, 6.07) is 0. The van der Waals surface area contributed by atoms with E-state index in [1.165, 1.54) is 19.3 Å². The van der Waals surface area contributed by atoms with Crippen LogP contribution in [0.4, 0.5) is 0 Å². The lowest BCUT2D eigenvalue weighted by Gasteiger charge is -2.14. The van der Waals surface area contributed by atoms with Gasteiger partial charge in [0.15, 0.2) is 0 Å². The first kappa shape index (κ1) is 12.7. The zero-order chi connectivity index (χ0) is 10.3. The largest absolute Gasteiger partial charge is 0.389 e. The van der Waals surface area contributed by atoms with E-state index in [9.17, 15) is 5.11 Å². The molecule has 0 aromatic rings. The fourth-order valence-corrected chi connectivity index (χ4v) is 1.37. The van der Waals surface area contributed by atoms with Gasteiger partial charge in [-0.25, -0.2) is 0 Å². The normalized spacial score (nSPS) is 15.1. The van der Waals surface area contributed by atoms with Gasteiger partial charge in [-0.05, 0) is 31.3 Å². The van der Waals surface area contributed by atoms with Crippen LogP contribution in [0.5, 0.6) is 0 Å². The van der Waals surface area contributed by atoms with Crippen LogP contribution in [0, 0.1) is 5.92 Å². The van der Waals surface area contributed by atoms with Crippen molar-refractivity contribution in [3.05, 3.63) is 11.6 Å². The van der Waals surface area contributed by atoms with Crippen molar-refractivity contribution in [3.63, 3.8) is 0 Å². The maximum absolute atomic E-state index is 9.68. The fourth-order valence-electron chi connectivity index (χ4n) is 1.37. The lowest BCUT2D eigenvalue weighted by molar-refractivity contribution is 0.160. The zero-order valence-corrected chi connectivity index (χ0v) is 9.51. The van der Waals surface area contributed by atoms with E-state index in [0.717, 1.165) is 12.0 Å². The first-order chi connectivity index (χ1) is 6.09. The molecule has 0 aliphatic heterocycles. The van der Waals surface area contributed by atoms with Crippen molar-refractivity contribution < 1.29 is 5.11 Å². The van der Waals surface area contributed by atoms with Gasteiger partial charge in [0.25, 0.3) is 0 Å². The van der Waals surface area contributed by atoms with Crippen molar-refractivity contribution in [1.29, 1.82) is 0 Å². The van der Waals surface area contributed by atoms with Crippen LogP contribution in [0.15, 0.2) is 11.6 Å². The standard InChI is InChI=1S/C12H24O/c1-5-6-7-8-9-11(4)12(13)10(2)3/h9-10,12-13H,5-8H2,1-4H3/b11-9+. The summed E-state index contributed by atoms with van der Waals surface area (Å²) in [4.78, 5) is 0. The minimum Gasteiger partial charge on any atom is -0.389 e. The third-order valence-electron chi connectivity index (χ3n) is 2.37. The van der Waals surface area contributed by atoms with Crippen LogP contribution in [0.2, 0.25) is 0 Å². The number of aliphatic hydroxyl groups excluding tert-OH is 1. The van der Waals surface area contributed by atoms with Crippen molar-refractivity contribution >= 4 is 0 Å². The number of rotatable bonds is 6. The molecule has 78 valence electrons. The Kier molecular flexibility index (Phi) is 6.97. The van der Waals surface area contributed by atoms with Gasteiger partial charge in [0.2, 0.25) is 0 Å². The molecule has 0 radical (unpaired) electrons. The average molecular weight is 184 g/mol. The van der Waals surface area contributed by atoms with Gasteiger partial charge in [-0.3, -0.25) is 0 Å². The van der Waals surface area contributed by atoms with Gasteiger partial charge in [-0.1, -0.05) is 39.7 Å². The molecule has 0 aromatic carbocycles. The van der Waals surface area contributed by atoms with Gasteiger partial charge >= 0.3 is 0 Å². The molecule has 0 aliphatic carbocycles. The molecule has 0 aliphatic rings. The lowest BCUT2D eigenvalue weighted by Crippen LogP contribution is -2.15. The molecular weight excluding hydrogens is 160 g/mol. The minimum absolute atomic E-state index is 0.248. The van der Waals surface area contributed by atoms with Crippen molar-refractivity contribution in [2.24, 2.45) is 5.92 Å². The van der Waals surface area contributed by atoms with Crippen molar-refractivity contribution in [1.82, 2.24) is 0 Å². The van der Waals surface area contributed by atoms with E-state index < -0.39 is 0 Å². The van der Waals surface area contributed by atoms with E-state index in [0.29, 0.717) is 5.92 Å². The number of aliphatic hydroxyl groups is 1. The Morgan fingerprint density at radius 3 is 2.38 bits per heavy atom. The summed E-state index contributed by atoms with van der Waals surface area (Å²) in [7, 11) is 0. The first-order valence-corrected chi connectivity index (χ1v) is 5.44. The van der Waals surface area contributed by atoms with Gasteiger partial charge in [-0.15, -0.1) is 0 Å². The third-order valence-corrected chi connectivity index (χ3v) is 2.37.